The van der Waals surface area contributed by atoms with Crippen LogP contribution in [0.2, 0.25) is 0 Å². The summed E-state index contributed by atoms with van der Waals surface area (Å²) in [6.07, 6.45) is 0.610. The highest BCUT2D eigenvalue weighted by Crippen LogP contribution is 2.24. The molecule has 3 unspecified atom stereocenters. The number of ether oxygens (including phenoxy) is 2. The molecule has 0 heterocycles. The van der Waals surface area contributed by atoms with Crippen molar-refractivity contribution in [2.45, 2.75) is 44.2 Å². The molecule has 0 aromatic heterocycles. The van der Waals surface area contributed by atoms with Gasteiger partial charge in [0, 0.05) is 7.11 Å². The first-order valence-electron chi connectivity index (χ1n) is 4.68. The number of rotatable bonds is 4. The summed E-state index contributed by atoms with van der Waals surface area (Å²) < 4.78 is 22.5. The lowest BCUT2D eigenvalue weighted by Crippen LogP contribution is -2.32. The van der Waals surface area contributed by atoms with E-state index in [0.717, 1.165) is 12.8 Å². The van der Waals surface area contributed by atoms with Crippen LogP contribution in [0.25, 0.3) is 0 Å². The quantitative estimate of drug-likeness (QED) is 0.754. The lowest BCUT2D eigenvalue weighted by atomic mass is 9.95. The Labute approximate surface area is 82.0 Å². The van der Waals surface area contributed by atoms with Gasteiger partial charge in [-0.1, -0.05) is 0 Å². The van der Waals surface area contributed by atoms with Crippen LogP contribution in [-0.2, 0) is 14.3 Å². The minimum Gasteiger partial charge on any atom is -0.477 e. The summed E-state index contributed by atoms with van der Waals surface area (Å²) in [4.78, 5) is 10.2. The fourth-order valence-electron chi connectivity index (χ4n) is 1.67. The predicted octanol–water partition coefficient (Wildman–Crippen LogP) is 1.34. The molecule has 0 aromatic rings. The number of methoxy groups -OCH3 is 1. The van der Waals surface area contributed by atoms with Gasteiger partial charge in [0.05, 0.1) is 12.2 Å². The Hall–Kier alpha value is -0.680. The summed E-state index contributed by atoms with van der Waals surface area (Å²) >= 11 is 0. The first kappa shape index (κ1) is 11.4. The molecule has 0 aliphatic heterocycles. The van der Waals surface area contributed by atoms with Gasteiger partial charge >= 0.3 is 5.97 Å². The number of hydrogen-bond donors (Lipinski definition) is 1. The number of alkyl halides is 1. The molecule has 1 rings (SSSR count). The zero-order valence-electron chi connectivity index (χ0n) is 8.11. The van der Waals surface area contributed by atoms with E-state index in [2.05, 4.69) is 0 Å². The summed E-state index contributed by atoms with van der Waals surface area (Å²) in [5, 5.41) is 8.30. The minimum absolute atomic E-state index is 0.0646. The predicted molar refractivity (Wildman–Crippen MR) is 46.7 cm³/mol. The molecule has 1 fully saturated rings. The van der Waals surface area contributed by atoms with E-state index in [4.69, 9.17) is 14.6 Å². The lowest BCUT2D eigenvalue weighted by molar-refractivity contribution is -0.175. The van der Waals surface area contributed by atoms with E-state index in [-0.39, 0.29) is 12.2 Å². The Morgan fingerprint density at radius 2 is 2.14 bits per heavy atom. The van der Waals surface area contributed by atoms with Gasteiger partial charge in [0.1, 0.15) is 0 Å². The molecule has 1 N–H and O–H groups in total. The first-order chi connectivity index (χ1) is 6.63. The maximum absolute atomic E-state index is 12.7. The van der Waals surface area contributed by atoms with E-state index in [1.54, 1.807) is 7.11 Å². The molecule has 0 saturated heterocycles. The summed E-state index contributed by atoms with van der Waals surface area (Å²) in [6, 6.07) is 0. The average molecular weight is 206 g/mol. The molecule has 1 aliphatic carbocycles. The number of carboxylic acids is 1. The van der Waals surface area contributed by atoms with E-state index >= 15 is 0 Å². The van der Waals surface area contributed by atoms with Crippen molar-refractivity contribution in [3.05, 3.63) is 0 Å². The van der Waals surface area contributed by atoms with Gasteiger partial charge in [-0.05, 0) is 25.7 Å². The standard InChI is InChI=1S/C9H15FO4/c1-13-6-3-2-4-7(5-6)14-8(10)9(11)12/h6-8H,2-5H2,1H3,(H,11,12). The molecule has 1 aliphatic rings. The van der Waals surface area contributed by atoms with Crippen LogP contribution in [0.15, 0.2) is 0 Å². The molecular weight excluding hydrogens is 191 g/mol. The van der Waals surface area contributed by atoms with Crippen molar-refractivity contribution in [2.75, 3.05) is 7.11 Å². The molecule has 0 bridgehead atoms. The molecular formula is C9H15FO4. The van der Waals surface area contributed by atoms with Crippen molar-refractivity contribution in [1.82, 2.24) is 0 Å². The number of halogens is 1. The Morgan fingerprint density at radius 3 is 2.71 bits per heavy atom. The number of aliphatic carboxylic acids is 1. The third-order valence-corrected chi connectivity index (χ3v) is 2.42. The molecule has 82 valence electrons. The van der Waals surface area contributed by atoms with Crippen LogP contribution in [0.1, 0.15) is 25.7 Å². The summed E-state index contributed by atoms with van der Waals surface area (Å²) in [5.74, 6) is -1.57. The normalized spacial score (nSPS) is 29.9. The maximum atomic E-state index is 12.7. The zero-order chi connectivity index (χ0) is 10.6. The lowest BCUT2D eigenvalue weighted by Gasteiger charge is -2.28. The van der Waals surface area contributed by atoms with Crippen molar-refractivity contribution in [1.29, 1.82) is 0 Å². The molecule has 0 spiro atoms. The van der Waals surface area contributed by atoms with Crippen molar-refractivity contribution in [3.8, 4) is 0 Å². The van der Waals surface area contributed by atoms with Crippen LogP contribution in [0.4, 0.5) is 4.39 Å². The van der Waals surface area contributed by atoms with Crippen LogP contribution >= 0.6 is 0 Å². The van der Waals surface area contributed by atoms with E-state index < -0.39 is 12.3 Å². The Morgan fingerprint density at radius 1 is 1.50 bits per heavy atom. The topological polar surface area (TPSA) is 55.8 Å². The van der Waals surface area contributed by atoms with Crippen molar-refractivity contribution in [3.63, 3.8) is 0 Å². The highest BCUT2D eigenvalue weighted by atomic mass is 19.1. The van der Waals surface area contributed by atoms with Crippen molar-refractivity contribution in [2.24, 2.45) is 0 Å². The van der Waals surface area contributed by atoms with Gasteiger partial charge in [-0.15, -0.1) is 0 Å². The molecule has 0 radical (unpaired) electrons. The van der Waals surface area contributed by atoms with E-state index in [1.165, 1.54) is 0 Å². The third kappa shape index (κ3) is 3.23. The number of hydrogen-bond acceptors (Lipinski definition) is 3. The van der Waals surface area contributed by atoms with Gasteiger partial charge in [0.15, 0.2) is 0 Å². The minimum atomic E-state index is -2.21. The first-order valence-corrected chi connectivity index (χ1v) is 4.68. The van der Waals surface area contributed by atoms with Crippen molar-refractivity contribution >= 4 is 5.97 Å². The monoisotopic (exact) mass is 206 g/mol. The van der Waals surface area contributed by atoms with Crippen LogP contribution in [-0.4, -0.2) is 36.8 Å². The van der Waals surface area contributed by atoms with Gasteiger partial charge in [-0.25, -0.2) is 9.18 Å². The Bertz CT molecular complexity index is 197. The molecule has 0 amide bonds. The third-order valence-electron chi connectivity index (χ3n) is 2.42. The second kappa shape index (κ2) is 5.26. The smallest absolute Gasteiger partial charge is 0.366 e. The zero-order valence-corrected chi connectivity index (χ0v) is 8.11. The second-order valence-corrected chi connectivity index (χ2v) is 3.44. The fraction of sp³-hybridized carbons (Fsp3) is 0.889. The number of carboxylic acid groups (broad SMARTS) is 1. The van der Waals surface area contributed by atoms with Gasteiger partial charge in [-0.3, -0.25) is 0 Å². The average Bonchev–Trinajstić information content (AvgIpc) is 2.18. The second-order valence-electron chi connectivity index (χ2n) is 3.44. The molecule has 4 nitrogen and oxygen atoms in total. The maximum Gasteiger partial charge on any atom is 0.366 e. The van der Waals surface area contributed by atoms with E-state index in [9.17, 15) is 9.18 Å². The summed E-state index contributed by atoms with van der Waals surface area (Å²) in [5.41, 5.74) is 0. The van der Waals surface area contributed by atoms with E-state index in [1.807, 2.05) is 0 Å². The van der Waals surface area contributed by atoms with E-state index in [0.29, 0.717) is 12.8 Å². The van der Waals surface area contributed by atoms with Crippen LogP contribution < -0.4 is 0 Å². The largest absolute Gasteiger partial charge is 0.477 e. The van der Waals surface area contributed by atoms with Gasteiger partial charge in [0.25, 0.3) is 6.36 Å². The highest BCUT2D eigenvalue weighted by molar-refractivity contribution is 5.70. The van der Waals surface area contributed by atoms with Gasteiger partial charge < -0.3 is 14.6 Å². The number of carbonyl (C=O) groups is 1. The SMILES string of the molecule is COC1CCCC(OC(F)C(=O)O)C1. The Balaban J connectivity index is 2.33. The fourth-order valence-corrected chi connectivity index (χ4v) is 1.67. The summed E-state index contributed by atoms with van der Waals surface area (Å²) in [6.45, 7) is 0. The van der Waals surface area contributed by atoms with Gasteiger partial charge in [0.2, 0.25) is 0 Å². The van der Waals surface area contributed by atoms with Gasteiger partial charge in [-0.2, -0.15) is 0 Å². The molecule has 1 saturated carbocycles. The van der Waals surface area contributed by atoms with Crippen molar-refractivity contribution < 1.29 is 23.8 Å². The van der Waals surface area contributed by atoms with Crippen LogP contribution in [0.5, 0.6) is 0 Å². The molecule has 14 heavy (non-hydrogen) atoms. The Kier molecular flexibility index (Phi) is 4.28. The molecule has 5 heteroatoms. The van der Waals surface area contributed by atoms with Crippen LogP contribution in [0.3, 0.4) is 0 Å². The summed E-state index contributed by atoms with van der Waals surface area (Å²) in [7, 11) is 1.59. The van der Waals surface area contributed by atoms with Crippen LogP contribution in [0, 0.1) is 0 Å². The molecule has 0 aromatic carbocycles. The highest BCUT2D eigenvalue weighted by Gasteiger charge is 2.27. The molecule has 3 atom stereocenters.